The number of aromatic nitrogens is 2. The van der Waals surface area contributed by atoms with Gasteiger partial charge in [-0.15, -0.1) is 0 Å². The van der Waals surface area contributed by atoms with Gasteiger partial charge in [0.2, 0.25) is 0 Å². The molecule has 0 bridgehead atoms. The van der Waals surface area contributed by atoms with Crippen LogP contribution in [0, 0.1) is 6.92 Å². The third kappa shape index (κ3) is 5.30. The minimum Gasteiger partial charge on any atom is -0.465 e. The maximum atomic E-state index is 11.3. The second kappa shape index (κ2) is 9.70. The first-order valence-corrected chi connectivity index (χ1v) is 9.44. The predicted molar refractivity (Wildman–Crippen MR) is 104 cm³/mol. The van der Waals surface area contributed by atoms with E-state index in [4.69, 9.17) is 11.6 Å². The molecule has 142 valence electrons. The molecule has 0 unspecified atom stereocenters. The smallest absolute Gasteiger partial charge is 0.349 e. The Morgan fingerprint density at radius 1 is 1.50 bits per heavy atom. The van der Waals surface area contributed by atoms with Crippen LogP contribution in [-0.2, 0) is 4.74 Å². The Labute approximate surface area is 161 Å². The van der Waals surface area contributed by atoms with E-state index in [1.807, 2.05) is 14.0 Å². The maximum Gasteiger partial charge on any atom is 0.349 e. The fraction of sp³-hybridized carbons (Fsp3) is 0.471. The number of H-pyrrole nitrogens is 1. The number of piperidine rings is 1. The van der Waals surface area contributed by atoms with E-state index in [0.29, 0.717) is 27.9 Å². The third-order valence-electron chi connectivity index (χ3n) is 4.10. The van der Waals surface area contributed by atoms with Crippen LogP contribution < -0.4 is 10.2 Å². The molecule has 26 heavy (non-hydrogen) atoms. The van der Waals surface area contributed by atoms with Crippen LogP contribution in [0.4, 0.5) is 5.13 Å². The Morgan fingerprint density at radius 2 is 2.19 bits per heavy atom. The normalized spacial score (nSPS) is 14.5. The summed E-state index contributed by atoms with van der Waals surface area (Å²) in [6, 6.07) is 2.32. The summed E-state index contributed by atoms with van der Waals surface area (Å²) in [5, 5.41) is 4.70. The van der Waals surface area contributed by atoms with Crippen molar-refractivity contribution in [3.05, 3.63) is 33.6 Å². The van der Waals surface area contributed by atoms with Gasteiger partial charge in [-0.1, -0.05) is 22.9 Å². The topological polar surface area (TPSA) is 87.3 Å². The van der Waals surface area contributed by atoms with Crippen molar-refractivity contribution in [3.63, 3.8) is 0 Å². The van der Waals surface area contributed by atoms with E-state index in [2.05, 4.69) is 24.9 Å². The lowest BCUT2D eigenvalue weighted by Gasteiger charge is -2.31. The zero-order chi connectivity index (χ0) is 19.1. The van der Waals surface area contributed by atoms with E-state index in [9.17, 15) is 9.59 Å². The number of aldehydes is 1. The first-order valence-electron chi connectivity index (χ1n) is 8.25. The van der Waals surface area contributed by atoms with Gasteiger partial charge in [-0.25, -0.2) is 9.78 Å². The van der Waals surface area contributed by atoms with E-state index < -0.39 is 0 Å². The number of thiazole rings is 1. The molecule has 2 N–H and O–H groups in total. The molecule has 2 aromatic rings. The maximum absolute atomic E-state index is 11.3. The number of hydrogen-bond donors (Lipinski definition) is 2. The highest BCUT2D eigenvalue weighted by atomic mass is 35.5. The van der Waals surface area contributed by atoms with Crippen molar-refractivity contribution in [2.45, 2.75) is 25.8 Å². The standard InChI is InChI=1S/C11H17N3O2S.C6H6ClNO/c1-12-8-3-5-14(6-4-8)11-13-7-9(17-11)10(15)16-2;1-4-2-5(7)6(3-9)8-4/h7-8,12H,3-6H2,1-2H3;2-3,8H,1H3. The first kappa shape index (κ1) is 20.4. The Bertz CT molecular complexity index is 738. The molecule has 0 amide bonds. The van der Waals surface area contributed by atoms with E-state index in [1.54, 1.807) is 12.3 Å². The summed E-state index contributed by atoms with van der Waals surface area (Å²) < 4.78 is 4.67. The summed E-state index contributed by atoms with van der Waals surface area (Å²) in [5.41, 5.74) is 1.36. The van der Waals surface area contributed by atoms with Crippen LogP contribution in [0.2, 0.25) is 5.02 Å². The predicted octanol–water partition coefficient (Wildman–Crippen LogP) is 2.91. The van der Waals surface area contributed by atoms with Crippen LogP contribution in [0.5, 0.6) is 0 Å². The molecule has 9 heteroatoms. The van der Waals surface area contributed by atoms with E-state index in [0.717, 1.165) is 36.8 Å². The molecule has 0 aliphatic carbocycles. The third-order valence-corrected chi connectivity index (χ3v) is 5.45. The molecule has 0 spiro atoms. The number of methoxy groups -OCH3 is 1. The Kier molecular flexibility index (Phi) is 7.62. The minimum absolute atomic E-state index is 0.307. The molecular formula is C17H23ClN4O3S. The lowest BCUT2D eigenvalue weighted by Crippen LogP contribution is -2.41. The number of ether oxygens (including phenoxy) is 1. The van der Waals surface area contributed by atoms with Crippen molar-refractivity contribution in [2.75, 3.05) is 32.1 Å². The number of nitrogens with zero attached hydrogens (tertiary/aromatic N) is 2. The quantitative estimate of drug-likeness (QED) is 0.608. The lowest BCUT2D eigenvalue weighted by atomic mass is 10.1. The number of aryl methyl sites for hydroxylation is 1. The van der Waals surface area contributed by atoms with Crippen LogP contribution in [0.1, 0.15) is 38.7 Å². The summed E-state index contributed by atoms with van der Waals surface area (Å²) in [5.74, 6) is -0.307. The Balaban J connectivity index is 0.000000228. The van der Waals surface area contributed by atoms with E-state index in [-0.39, 0.29) is 5.97 Å². The van der Waals surface area contributed by atoms with Gasteiger partial charge in [0.05, 0.1) is 24.0 Å². The van der Waals surface area contributed by atoms with E-state index >= 15 is 0 Å². The van der Waals surface area contributed by atoms with Gasteiger partial charge >= 0.3 is 5.97 Å². The van der Waals surface area contributed by atoms with Gasteiger partial charge < -0.3 is 19.9 Å². The Hall–Kier alpha value is -1.90. The molecule has 3 heterocycles. The van der Waals surface area contributed by atoms with Crippen LogP contribution in [-0.4, -0.2) is 55.5 Å². The number of halogens is 1. The van der Waals surface area contributed by atoms with Crippen molar-refractivity contribution in [2.24, 2.45) is 0 Å². The van der Waals surface area contributed by atoms with Crippen LogP contribution >= 0.6 is 22.9 Å². The van der Waals surface area contributed by atoms with E-state index in [1.165, 1.54) is 18.4 Å². The minimum atomic E-state index is -0.307. The number of esters is 1. The zero-order valence-corrected chi connectivity index (χ0v) is 16.6. The van der Waals surface area contributed by atoms with Crippen molar-refractivity contribution >= 4 is 40.3 Å². The fourth-order valence-corrected chi connectivity index (χ4v) is 3.77. The van der Waals surface area contributed by atoms with Crippen molar-refractivity contribution in [1.82, 2.24) is 15.3 Å². The molecule has 3 rings (SSSR count). The molecule has 1 aliphatic heterocycles. The highest BCUT2D eigenvalue weighted by Gasteiger charge is 2.21. The summed E-state index contributed by atoms with van der Waals surface area (Å²) in [4.78, 5) is 31.3. The van der Waals surface area contributed by atoms with Crippen molar-refractivity contribution < 1.29 is 14.3 Å². The highest BCUT2D eigenvalue weighted by Crippen LogP contribution is 2.25. The second-order valence-corrected chi connectivity index (χ2v) is 7.30. The molecule has 0 aromatic carbocycles. The second-order valence-electron chi connectivity index (χ2n) is 5.88. The highest BCUT2D eigenvalue weighted by molar-refractivity contribution is 7.17. The summed E-state index contributed by atoms with van der Waals surface area (Å²) in [6.45, 7) is 3.82. The van der Waals surface area contributed by atoms with Gasteiger partial charge in [0.25, 0.3) is 0 Å². The number of carbonyl (C=O) groups is 2. The van der Waals surface area contributed by atoms with Crippen LogP contribution in [0.15, 0.2) is 12.3 Å². The van der Waals surface area contributed by atoms with Crippen LogP contribution in [0.3, 0.4) is 0 Å². The SMILES string of the molecule is CNC1CCN(c2ncc(C(=O)OC)s2)CC1.Cc1cc(Cl)c(C=O)[nH]1. The van der Waals surface area contributed by atoms with Crippen molar-refractivity contribution in [3.8, 4) is 0 Å². The fourth-order valence-electron chi connectivity index (χ4n) is 2.63. The number of hydrogen-bond acceptors (Lipinski definition) is 7. The summed E-state index contributed by atoms with van der Waals surface area (Å²) in [7, 11) is 3.39. The van der Waals surface area contributed by atoms with Gasteiger partial charge in [-0.2, -0.15) is 0 Å². The number of anilines is 1. The lowest BCUT2D eigenvalue weighted by molar-refractivity contribution is 0.0606. The number of rotatable bonds is 4. The Morgan fingerprint density at radius 3 is 2.65 bits per heavy atom. The molecule has 1 fully saturated rings. The van der Waals surface area contributed by atoms with Crippen molar-refractivity contribution in [1.29, 1.82) is 0 Å². The molecule has 1 saturated heterocycles. The average molecular weight is 399 g/mol. The molecule has 1 aliphatic rings. The average Bonchev–Trinajstić information content (AvgIpc) is 3.28. The first-order chi connectivity index (χ1) is 12.5. The van der Waals surface area contributed by atoms with Gasteiger partial charge in [-0.3, -0.25) is 4.79 Å². The number of carbonyl (C=O) groups excluding carboxylic acids is 2. The van der Waals surface area contributed by atoms with Gasteiger partial charge in [-0.05, 0) is 32.9 Å². The molecule has 0 atom stereocenters. The molecule has 0 saturated carbocycles. The largest absolute Gasteiger partial charge is 0.465 e. The van der Waals surface area contributed by atoms with Gasteiger partial charge in [0, 0.05) is 24.8 Å². The molecule has 0 radical (unpaired) electrons. The molecule has 7 nitrogen and oxygen atoms in total. The number of aromatic amines is 1. The zero-order valence-electron chi connectivity index (χ0n) is 15.0. The summed E-state index contributed by atoms with van der Waals surface area (Å²) >= 11 is 6.98. The molecule has 2 aromatic heterocycles. The van der Waals surface area contributed by atoms with Gasteiger partial charge in [0.15, 0.2) is 11.4 Å². The number of nitrogens with one attached hydrogen (secondary N) is 2. The van der Waals surface area contributed by atoms with Crippen LogP contribution in [0.25, 0.3) is 0 Å². The molecular weight excluding hydrogens is 376 g/mol. The monoisotopic (exact) mass is 398 g/mol. The van der Waals surface area contributed by atoms with Gasteiger partial charge in [0.1, 0.15) is 4.88 Å². The summed E-state index contributed by atoms with van der Waals surface area (Å²) in [6.07, 6.45) is 4.53.